The van der Waals surface area contributed by atoms with Gasteiger partial charge in [-0.1, -0.05) is 18.0 Å². The summed E-state index contributed by atoms with van der Waals surface area (Å²) in [5.74, 6) is 4.25. The molecule has 0 amide bonds. The van der Waals surface area contributed by atoms with Crippen molar-refractivity contribution < 1.29 is 13.2 Å². The number of hydrogen-bond acceptors (Lipinski definition) is 3. The Morgan fingerprint density at radius 3 is 2.81 bits per heavy atom. The van der Waals surface area contributed by atoms with Gasteiger partial charge in [-0.05, 0) is 43.2 Å². The van der Waals surface area contributed by atoms with Gasteiger partial charge in [-0.3, -0.25) is 16.3 Å². The van der Waals surface area contributed by atoms with Gasteiger partial charge in [-0.15, -0.1) is 0 Å². The predicted molar refractivity (Wildman–Crippen MR) is 75.6 cm³/mol. The van der Waals surface area contributed by atoms with Crippen molar-refractivity contribution in [1.29, 1.82) is 0 Å². The van der Waals surface area contributed by atoms with E-state index in [-0.39, 0.29) is 24.8 Å². The molecule has 3 atom stereocenters. The van der Waals surface area contributed by atoms with E-state index in [0.29, 0.717) is 17.9 Å². The average Bonchev–Trinajstić information content (AvgIpc) is 2.46. The topological polar surface area (TPSA) is 50.9 Å². The number of nitrogens with one attached hydrogen (secondary N) is 1. The van der Waals surface area contributed by atoms with E-state index in [0.717, 1.165) is 12.0 Å². The van der Waals surface area contributed by atoms with E-state index in [1.165, 1.54) is 6.20 Å². The Bertz CT molecular complexity index is 467. The fraction of sp³-hybridized carbons (Fsp3) is 0.643. The van der Waals surface area contributed by atoms with Crippen molar-refractivity contribution in [2.45, 2.75) is 44.3 Å². The van der Waals surface area contributed by atoms with Gasteiger partial charge in [0.1, 0.15) is 0 Å². The van der Waals surface area contributed by atoms with Gasteiger partial charge in [0.05, 0.1) is 10.9 Å². The van der Waals surface area contributed by atoms with Crippen LogP contribution < -0.4 is 11.3 Å². The number of hydrogen-bond donors (Lipinski definition) is 2. The molecule has 1 fully saturated rings. The highest BCUT2D eigenvalue weighted by Crippen LogP contribution is 2.41. The minimum Gasteiger partial charge on any atom is -0.271 e. The molecule has 1 heterocycles. The molecule has 0 bridgehead atoms. The van der Waals surface area contributed by atoms with E-state index in [2.05, 4.69) is 10.4 Å². The van der Waals surface area contributed by atoms with Gasteiger partial charge < -0.3 is 0 Å². The maximum Gasteiger partial charge on any atom is 0.391 e. The monoisotopic (exact) mass is 321 g/mol. The van der Waals surface area contributed by atoms with Crippen LogP contribution in [0.3, 0.4) is 0 Å². The molecular weight excluding hydrogens is 303 g/mol. The van der Waals surface area contributed by atoms with Gasteiger partial charge in [-0.25, -0.2) is 0 Å². The van der Waals surface area contributed by atoms with Gasteiger partial charge in [0, 0.05) is 18.4 Å². The zero-order valence-electron chi connectivity index (χ0n) is 11.5. The zero-order valence-corrected chi connectivity index (χ0v) is 12.3. The lowest BCUT2D eigenvalue weighted by atomic mass is 9.76. The highest BCUT2D eigenvalue weighted by molar-refractivity contribution is 6.31. The predicted octanol–water partition coefficient (Wildman–Crippen LogP) is 3.48. The largest absolute Gasteiger partial charge is 0.391 e. The summed E-state index contributed by atoms with van der Waals surface area (Å²) in [7, 11) is 0. The molecule has 1 aromatic rings. The normalized spacial score (nSPS) is 24.8. The summed E-state index contributed by atoms with van der Waals surface area (Å²) in [6.45, 7) is 0. The lowest BCUT2D eigenvalue weighted by Crippen LogP contribution is -2.45. The van der Waals surface area contributed by atoms with Gasteiger partial charge in [0.15, 0.2) is 0 Å². The third-order valence-corrected chi connectivity index (χ3v) is 4.60. The first kappa shape index (κ1) is 16.5. The Morgan fingerprint density at radius 2 is 2.19 bits per heavy atom. The first-order valence-corrected chi connectivity index (χ1v) is 7.41. The lowest BCUT2D eigenvalue weighted by Gasteiger charge is -2.35. The number of aromatic nitrogens is 1. The fourth-order valence-electron chi connectivity index (χ4n) is 3.06. The molecular formula is C14H19ClF3N3. The highest BCUT2D eigenvalue weighted by Gasteiger charge is 2.43. The first-order chi connectivity index (χ1) is 9.91. The Morgan fingerprint density at radius 1 is 1.43 bits per heavy atom. The first-order valence-electron chi connectivity index (χ1n) is 7.03. The van der Waals surface area contributed by atoms with Crippen molar-refractivity contribution in [3.63, 3.8) is 0 Å². The molecule has 1 saturated carbocycles. The Kier molecular flexibility index (Phi) is 5.46. The number of halogens is 4. The molecule has 0 radical (unpaired) electrons. The van der Waals surface area contributed by atoms with Crippen LogP contribution in [0.1, 0.15) is 31.2 Å². The van der Waals surface area contributed by atoms with Crippen LogP contribution in [0.25, 0.3) is 0 Å². The smallest absolute Gasteiger partial charge is 0.271 e. The molecule has 1 aliphatic rings. The minimum atomic E-state index is -4.12. The van der Waals surface area contributed by atoms with Crippen LogP contribution in [0, 0.1) is 11.8 Å². The van der Waals surface area contributed by atoms with Crippen LogP contribution in [-0.2, 0) is 6.42 Å². The van der Waals surface area contributed by atoms with Crippen molar-refractivity contribution in [3.05, 3.63) is 29.0 Å². The van der Waals surface area contributed by atoms with Crippen LogP contribution >= 0.6 is 11.6 Å². The van der Waals surface area contributed by atoms with E-state index in [1.54, 1.807) is 12.3 Å². The van der Waals surface area contributed by atoms with E-state index >= 15 is 0 Å². The summed E-state index contributed by atoms with van der Waals surface area (Å²) < 4.78 is 38.7. The second kappa shape index (κ2) is 6.94. The summed E-state index contributed by atoms with van der Waals surface area (Å²) in [4.78, 5) is 3.90. The van der Waals surface area contributed by atoms with Gasteiger partial charge >= 0.3 is 6.18 Å². The number of rotatable bonds is 4. The van der Waals surface area contributed by atoms with E-state index in [4.69, 9.17) is 17.4 Å². The van der Waals surface area contributed by atoms with E-state index in [1.807, 2.05) is 0 Å². The van der Waals surface area contributed by atoms with Gasteiger partial charge in [-0.2, -0.15) is 13.2 Å². The second-order valence-electron chi connectivity index (χ2n) is 5.61. The molecule has 0 aromatic carbocycles. The molecule has 1 aliphatic carbocycles. The van der Waals surface area contributed by atoms with E-state index < -0.39 is 12.1 Å². The Hall–Kier alpha value is -0.850. The summed E-state index contributed by atoms with van der Waals surface area (Å²) in [5, 5.41) is 0.515. The maximum absolute atomic E-state index is 12.9. The molecule has 118 valence electrons. The molecule has 0 spiro atoms. The number of pyridine rings is 1. The number of hydrazine groups is 1. The van der Waals surface area contributed by atoms with Crippen LogP contribution in [0.5, 0.6) is 0 Å². The molecule has 0 saturated heterocycles. The third kappa shape index (κ3) is 4.31. The van der Waals surface area contributed by atoms with Crippen LogP contribution in [-0.4, -0.2) is 17.2 Å². The minimum absolute atomic E-state index is 0.0976. The second-order valence-corrected chi connectivity index (χ2v) is 6.02. The lowest BCUT2D eigenvalue weighted by molar-refractivity contribution is -0.186. The molecule has 1 aromatic heterocycles. The van der Waals surface area contributed by atoms with Crippen molar-refractivity contribution >= 4 is 11.6 Å². The van der Waals surface area contributed by atoms with Crippen LogP contribution in [0.2, 0.25) is 5.02 Å². The molecule has 7 heteroatoms. The van der Waals surface area contributed by atoms with Crippen LogP contribution in [0.15, 0.2) is 18.5 Å². The molecule has 3 unspecified atom stereocenters. The number of alkyl halides is 3. The van der Waals surface area contributed by atoms with Crippen molar-refractivity contribution in [2.75, 3.05) is 0 Å². The molecule has 2 rings (SSSR count). The van der Waals surface area contributed by atoms with Crippen molar-refractivity contribution in [1.82, 2.24) is 10.4 Å². The fourth-order valence-corrected chi connectivity index (χ4v) is 3.25. The molecule has 3 N–H and O–H groups in total. The van der Waals surface area contributed by atoms with Gasteiger partial charge in [0.2, 0.25) is 0 Å². The van der Waals surface area contributed by atoms with Crippen molar-refractivity contribution in [3.8, 4) is 0 Å². The molecule has 21 heavy (non-hydrogen) atoms. The zero-order chi connectivity index (χ0) is 15.5. The number of nitrogens with two attached hydrogens (primary N) is 1. The standard InChI is InChI=1S/C14H19ClF3N3/c15-12-8-20-5-4-9(12)7-13(21-19)10-2-1-3-11(6-10)14(16,17)18/h4-5,8,10-11,13,21H,1-3,6-7,19H2. The number of nitrogens with zero attached hydrogens (tertiary/aromatic N) is 1. The van der Waals surface area contributed by atoms with E-state index in [9.17, 15) is 13.2 Å². The molecule has 0 aliphatic heterocycles. The van der Waals surface area contributed by atoms with Crippen molar-refractivity contribution in [2.24, 2.45) is 17.7 Å². The quantitative estimate of drug-likeness (QED) is 0.659. The summed E-state index contributed by atoms with van der Waals surface area (Å²) in [6, 6.07) is 1.56. The summed E-state index contributed by atoms with van der Waals surface area (Å²) in [5.41, 5.74) is 3.52. The average molecular weight is 322 g/mol. The summed E-state index contributed by atoms with van der Waals surface area (Å²) in [6.07, 6.45) is 1.22. The molecule has 3 nitrogen and oxygen atoms in total. The van der Waals surface area contributed by atoms with Gasteiger partial charge in [0.25, 0.3) is 0 Å². The van der Waals surface area contributed by atoms with Crippen LogP contribution in [0.4, 0.5) is 13.2 Å². The summed E-state index contributed by atoms with van der Waals surface area (Å²) >= 11 is 6.05. The SMILES string of the molecule is NNC(Cc1ccncc1Cl)C1CCCC(C(F)(F)F)C1. The Balaban J connectivity index is 2.05. The highest BCUT2D eigenvalue weighted by atomic mass is 35.5. The maximum atomic E-state index is 12.9. The Labute approximate surface area is 127 Å². The third-order valence-electron chi connectivity index (χ3n) is 4.26.